The zero-order valence-electron chi connectivity index (χ0n) is 11.4. The van der Waals surface area contributed by atoms with E-state index < -0.39 is 27.5 Å². The minimum Gasteiger partial charge on any atom is -0.384 e. The Hall–Kier alpha value is -1.84. The van der Waals surface area contributed by atoms with Crippen LogP contribution in [0.5, 0.6) is 0 Å². The third kappa shape index (κ3) is 4.88. The van der Waals surface area contributed by atoms with Gasteiger partial charge in [-0.25, -0.2) is 13.4 Å². The third-order valence-electron chi connectivity index (χ3n) is 2.61. The van der Waals surface area contributed by atoms with Crippen molar-refractivity contribution in [2.24, 2.45) is 5.73 Å². The van der Waals surface area contributed by atoms with Crippen molar-refractivity contribution in [3.63, 3.8) is 0 Å². The molecule has 0 aromatic carbocycles. The van der Waals surface area contributed by atoms with E-state index in [1.807, 2.05) is 0 Å². The second-order valence-electron chi connectivity index (χ2n) is 4.53. The Morgan fingerprint density at radius 3 is 2.43 bits per heavy atom. The molecule has 3 N–H and O–H groups in total. The number of sulfone groups is 1. The second kappa shape index (κ2) is 5.88. The minimum atomic E-state index is -4.64. The number of pyridine rings is 1. The van der Waals surface area contributed by atoms with Crippen LogP contribution in [0, 0.1) is 5.41 Å². The number of aromatic nitrogens is 1. The summed E-state index contributed by atoms with van der Waals surface area (Å²) in [6.07, 6.45) is -3.62. The third-order valence-corrected chi connectivity index (χ3v) is 3.54. The zero-order chi connectivity index (χ0) is 16.4. The molecule has 0 saturated heterocycles. The summed E-state index contributed by atoms with van der Waals surface area (Å²) in [6, 6.07) is 1.77. The Labute approximate surface area is 120 Å². The molecule has 1 rings (SSSR count). The van der Waals surface area contributed by atoms with Gasteiger partial charge in [0.1, 0.15) is 27.2 Å². The number of hydrogen-bond donors (Lipinski definition) is 2. The van der Waals surface area contributed by atoms with E-state index in [0.29, 0.717) is 0 Å². The Morgan fingerprint density at radius 2 is 2.00 bits per heavy atom. The largest absolute Gasteiger partial charge is 0.433 e. The smallest absolute Gasteiger partial charge is 0.384 e. The van der Waals surface area contributed by atoms with Crippen molar-refractivity contribution in [2.45, 2.75) is 6.18 Å². The van der Waals surface area contributed by atoms with Gasteiger partial charge in [0.2, 0.25) is 0 Å². The maximum Gasteiger partial charge on any atom is 0.433 e. The van der Waals surface area contributed by atoms with Crippen LogP contribution in [0.25, 0.3) is 0 Å². The zero-order valence-corrected chi connectivity index (χ0v) is 12.2. The number of nitrogens with one attached hydrogen (secondary N) is 1. The maximum absolute atomic E-state index is 12.7. The van der Waals surface area contributed by atoms with E-state index in [2.05, 4.69) is 4.98 Å². The highest BCUT2D eigenvalue weighted by Gasteiger charge is 2.33. The molecule has 0 aliphatic carbocycles. The van der Waals surface area contributed by atoms with Crippen molar-refractivity contribution in [3.8, 4) is 0 Å². The SMILES string of the molecule is CN(CCS(C)(=O)=O)c1nc(C(F)(F)F)ccc1C(=N)N. The lowest BCUT2D eigenvalue weighted by atomic mass is 10.2. The molecule has 0 radical (unpaired) electrons. The molecule has 0 aliphatic rings. The van der Waals surface area contributed by atoms with E-state index in [9.17, 15) is 21.6 Å². The summed E-state index contributed by atoms with van der Waals surface area (Å²) in [5.41, 5.74) is 4.19. The normalized spacial score (nSPS) is 12.2. The van der Waals surface area contributed by atoms with Crippen molar-refractivity contribution in [2.75, 3.05) is 30.5 Å². The molecule has 0 atom stereocenters. The van der Waals surface area contributed by atoms with E-state index in [4.69, 9.17) is 11.1 Å². The van der Waals surface area contributed by atoms with Gasteiger partial charge in [0.25, 0.3) is 0 Å². The fourth-order valence-corrected chi connectivity index (χ4v) is 2.12. The van der Waals surface area contributed by atoms with Gasteiger partial charge in [0.05, 0.1) is 11.3 Å². The van der Waals surface area contributed by atoms with Gasteiger partial charge in [-0.1, -0.05) is 0 Å². The second-order valence-corrected chi connectivity index (χ2v) is 6.79. The molecule has 10 heteroatoms. The number of alkyl halides is 3. The monoisotopic (exact) mass is 324 g/mol. The standard InChI is InChI=1S/C11H15F3N4O2S/c1-18(5-6-21(2,19)20)10-7(9(15)16)3-4-8(17-10)11(12,13)14/h3-4H,5-6H2,1-2H3,(H3,15,16). The summed E-state index contributed by atoms with van der Waals surface area (Å²) in [6.45, 7) is -0.0621. The van der Waals surface area contributed by atoms with Crippen LogP contribution in [0.15, 0.2) is 12.1 Å². The molecule has 118 valence electrons. The van der Waals surface area contributed by atoms with E-state index in [0.717, 1.165) is 18.4 Å². The van der Waals surface area contributed by atoms with Gasteiger partial charge in [-0.2, -0.15) is 13.2 Å². The molecule has 1 aromatic heterocycles. The van der Waals surface area contributed by atoms with Crippen LogP contribution in [0.1, 0.15) is 11.3 Å². The quantitative estimate of drug-likeness (QED) is 0.618. The Kier molecular flexibility index (Phi) is 4.82. The predicted octanol–water partition coefficient (Wildman–Crippen LogP) is 0.865. The molecule has 0 unspecified atom stereocenters. The summed E-state index contributed by atoms with van der Waals surface area (Å²) < 4.78 is 60.3. The fourth-order valence-electron chi connectivity index (χ4n) is 1.52. The number of halogens is 3. The first kappa shape index (κ1) is 17.2. The van der Waals surface area contributed by atoms with Crippen LogP contribution in [0.4, 0.5) is 19.0 Å². The summed E-state index contributed by atoms with van der Waals surface area (Å²) in [7, 11) is -1.89. The van der Waals surface area contributed by atoms with Crippen molar-refractivity contribution in [3.05, 3.63) is 23.4 Å². The Bertz CT molecular complexity index is 643. The highest BCUT2D eigenvalue weighted by Crippen LogP contribution is 2.30. The number of anilines is 1. The predicted molar refractivity (Wildman–Crippen MR) is 73.2 cm³/mol. The number of amidine groups is 1. The molecule has 1 heterocycles. The molecule has 0 aliphatic heterocycles. The highest BCUT2D eigenvalue weighted by atomic mass is 32.2. The van der Waals surface area contributed by atoms with E-state index >= 15 is 0 Å². The fraction of sp³-hybridized carbons (Fsp3) is 0.455. The molecular weight excluding hydrogens is 309 g/mol. The van der Waals surface area contributed by atoms with E-state index in [-0.39, 0.29) is 23.7 Å². The van der Waals surface area contributed by atoms with Gasteiger partial charge in [0, 0.05) is 19.8 Å². The van der Waals surface area contributed by atoms with Crippen molar-refractivity contribution < 1.29 is 21.6 Å². The van der Waals surface area contributed by atoms with Gasteiger partial charge in [-0.05, 0) is 12.1 Å². The molecule has 21 heavy (non-hydrogen) atoms. The summed E-state index contributed by atoms with van der Waals surface area (Å²) in [5, 5.41) is 7.36. The van der Waals surface area contributed by atoms with Crippen molar-refractivity contribution in [1.29, 1.82) is 5.41 Å². The van der Waals surface area contributed by atoms with Gasteiger partial charge in [0.15, 0.2) is 0 Å². The number of rotatable bonds is 5. The number of nitrogens with zero attached hydrogens (tertiary/aromatic N) is 2. The lowest BCUT2D eigenvalue weighted by Crippen LogP contribution is -2.29. The average Bonchev–Trinajstić information content (AvgIpc) is 2.33. The van der Waals surface area contributed by atoms with Crippen molar-refractivity contribution >= 4 is 21.5 Å². The average molecular weight is 324 g/mol. The first-order valence-corrected chi connectivity index (χ1v) is 7.79. The van der Waals surface area contributed by atoms with E-state index in [1.54, 1.807) is 0 Å². The van der Waals surface area contributed by atoms with Crippen molar-refractivity contribution in [1.82, 2.24) is 4.98 Å². The molecule has 6 nitrogen and oxygen atoms in total. The molecule has 0 spiro atoms. The first-order valence-electron chi connectivity index (χ1n) is 5.73. The van der Waals surface area contributed by atoms with Crippen LogP contribution < -0.4 is 10.6 Å². The minimum absolute atomic E-state index is 0.0130. The van der Waals surface area contributed by atoms with E-state index in [1.165, 1.54) is 11.9 Å². The Morgan fingerprint density at radius 1 is 1.43 bits per heavy atom. The molecule has 0 bridgehead atoms. The molecule has 1 aromatic rings. The maximum atomic E-state index is 12.7. The van der Waals surface area contributed by atoms with Gasteiger partial charge in [-0.15, -0.1) is 0 Å². The van der Waals surface area contributed by atoms with Crippen LogP contribution >= 0.6 is 0 Å². The Balaban J connectivity index is 3.20. The van der Waals surface area contributed by atoms with Crippen LogP contribution in [-0.4, -0.2) is 44.8 Å². The number of nitrogens with two attached hydrogens (primary N) is 1. The first-order chi connectivity index (χ1) is 9.42. The summed E-state index contributed by atoms with van der Waals surface area (Å²) in [4.78, 5) is 4.68. The molecular formula is C11H15F3N4O2S. The van der Waals surface area contributed by atoms with Gasteiger partial charge in [-0.3, -0.25) is 5.41 Å². The number of nitrogen functional groups attached to an aromatic ring is 1. The van der Waals surface area contributed by atoms with Crippen LogP contribution in [-0.2, 0) is 16.0 Å². The highest BCUT2D eigenvalue weighted by molar-refractivity contribution is 7.90. The number of hydrogen-bond acceptors (Lipinski definition) is 5. The molecule has 0 fully saturated rings. The topological polar surface area (TPSA) is 100 Å². The van der Waals surface area contributed by atoms with Crippen LogP contribution in [0.2, 0.25) is 0 Å². The molecule has 0 saturated carbocycles. The summed E-state index contributed by atoms with van der Waals surface area (Å²) in [5.74, 6) is -0.878. The molecule has 0 amide bonds. The lowest BCUT2D eigenvalue weighted by Gasteiger charge is -2.21. The van der Waals surface area contributed by atoms with Gasteiger partial charge >= 0.3 is 6.18 Å². The summed E-state index contributed by atoms with van der Waals surface area (Å²) >= 11 is 0. The van der Waals surface area contributed by atoms with Crippen LogP contribution in [0.3, 0.4) is 0 Å². The van der Waals surface area contributed by atoms with Gasteiger partial charge < -0.3 is 10.6 Å². The lowest BCUT2D eigenvalue weighted by molar-refractivity contribution is -0.141.